The molecule has 0 aromatic heterocycles. The van der Waals surface area contributed by atoms with E-state index in [0.29, 0.717) is 17.7 Å². The molecule has 1 aromatic carbocycles. The van der Waals surface area contributed by atoms with Crippen molar-refractivity contribution >= 4 is 5.69 Å². The van der Waals surface area contributed by atoms with Crippen LogP contribution in [0.15, 0.2) is 18.2 Å². The summed E-state index contributed by atoms with van der Waals surface area (Å²) >= 11 is 0. The molecule has 4 heteroatoms. The predicted octanol–water partition coefficient (Wildman–Crippen LogP) is 1.50. The van der Waals surface area contributed by atoms with Gasteiger partial charge in [-0.1, -0.05) is 6.07 Å². The summed E-state index contributed by atoms with van der Waals surface area (Å²) in [5.41, 5.74) is 1.38. The predicted molar refractivity (Wildman–Crippen MR) is 60.4 cm³/mol. The first-order valence-electron chi connectivity index (χ1n) is 5.33. The van der Waals surface area contributed by atoms with Crippen LogP contribution in [0.2, 0.25) is 0 Å². The summed E-state index contributed by atoms with van der Waals surface area (Å²) in [6.07, 6.45) is 0.472. The van der Waals surface area contributed by atoms with E-state index in [1.165, 1.54) is 0 Å². The Bertz CT molecular complexity index is 426. The minimum Gasteiger partial charge on any atom is -0.485 e. The van der Waals surface area contributed by atoms with Gasteiger partial charge >= 0.3 is 0 Å². The smallest absolute Gasteiger partial charge is 0.160 e. The summed E-state index contributed by atoms with van der Waals surface area (Å²) in [6.45, 7) is 2.09. The highest BCUT2D eigenvalue weighted by molar-refractivity contribution is 5.65. The second kappa shape index (κ2) is 4.42. The first-order valence-corrected chi connectivity index (χ1v) is 5.33. The molecule has 0 saturated heterocycles. The van der Waals surface area contributed by atoms with Gasteiger partial charge in [0, 0.05) is 13.0 Å². The number of nitrogens with one attached hydrogen (secondary N) is 1. The van der Waals surface area contributed by atoms with Crippen LogP contribution in [-0.2, 0) is 0 Å². The molecule has 2 N–H and O–H groups in total. The Kier molecular flexibility index (Phi) is 2.97. The molecule has 2 rings (SSSR count). The van der Waals surface area contributed by atoms with Gasteiger partial charge in [-0.15, -0.1) is 0 Å². The fourth-order valence-electron chi connectivity index (χ4n) is 1.89. The van der Waals surface area contributed by atoms with Gasteiger partial charge in [0.05, 0.1) is 17.3 Å². The molecule has 1 aromatic rings. The number of aliphatic hydroxyl groups excluding tert-OH is 1. The van der Waals surface area contributed by atoms with E-state index in [-0.39, 0.29) is 18.8 Å². The third-order valence-electron chi connectivity index (χ3n) is 2.76. The number of rotatable bonds is 2. The van der Waals surface area contributed by atoms with Gasteiger partial charge in [0.2, 0.25) is 0 Å². The third-order valence-corrected chi connectivity index (χ3v) is 2.76. The fraction of sp³-hybridized carbons (Fsp3) is 0.417. The number of anilines is 1. The zero-order valence-corrected chi connectivity index (χ0v) is 9.10. The minimum absolute atomic E-state index is 0.0841. The number of ether oxygens (including phenoxy) is 1. The highest BCUT2D eigenvalue weighted by Gasteiger charge is 2.27. The average molecular weight is 218 g/mol. The zero-order valence-electron chi connectivity index (χ0n) is 9.10. The fourth-order valence-corrected chi connectivity index (χ4v) is 1.89. The summed E-state index contributed by atoms with van der Waals surface area (Å²) in [7, 11) is 0. The van der Waals surface area contributed by atoms with Crippen LogP contribution >= 0.6 is 0 Å². The molecule has 0 aliphatic carbocycles. The number of fused-ring (bicyclic) bond motifs is 1. The SMILES string of the molecule is CC1Nc2cccc(C#N)c2OC1CCO. The molecule has 0 fully saturated rings. The van der Waals surface area contributed by atoms with Crippen LogP contribution in [0.1, 0.15) is 18.9 Å². The molecule has 1 aliphatic rings. The van der Waals surface area contributed by atoms with Crippen molar-refractivity contribution < 1.29 is 9.84 Å². The lowest BCUT2D eigenvalue weighted by Gasteiger charge is -2.33. The molecule has 84 valence electrons. The zero-order chi connectivity index (χ0) is 11.5. The lowest BCUT2D eigenvalue weighted by atomic mass is 10.0. The molecule has 1 aliphatic heterocycles. The van der Waals surface area contributed by atoms with Gasteiger partial charge < -0.3 is 15.2 Å². The maximum Gasteiger partial charge on any atom is 0.160 e. The first-order chi connectivity index (χ1) is 7.76. The van der Waals surface area contributed by atoms with Gasteiger partial charge in [-0.2, -0.15) is 5.26 Å². The van der Waals surface area contributed by atoms with Crippen molar-refractivity contribution in [2.24, 2.45) is 0 Å². The summed E-state index contributed by atoms with van der Waals surface area (Å²) < 4.78 is 5.76. The van der Waals surface area contributed by atoms with E-state index in [2.05, 4.69) is 11.4 Å². The second-order valence-electron chi connectivity index (χ2n) is 3.90. The topological polar surface area (TPSA) is 65.3 Å². The number of para-hydroxylation sites is 1. The van der Waals surface area contributed by atoms with E-state index < -0.39 is 0 Å². The molecular formula is C12H14N2O2. The molecule has 4 nitrogen and oxygen atoms in total. The Morgan fingerprint density at radius 2 is 2.38 bits per heavy atom. The van der Waals surface area contributed by atoms with Crippen LogP contribution in [0, 0.1) is 11.3 Å². The van der Waals surface area contributed by atoms with Crippen LogP contribution in [0.25, 0.3) is 0 Å². The van der Waals surface area contributed by atoms with Gasteiger partial charge in [-0.3, -0.25) is 0 Å². The van der Waals surface area contributed by atoms with Gasteiger partial charge in [0.1, 0.15) is 12.2 Å². The van der Waals surface area contributed by atoms with Crippen molar-refractivity contribution in [3.05, 3.63) is 23.8 Å². The molecular weight excluding hydrogens is 204 g/mol. The summed E-state index contributed by atoms with van der Waals surface area (Å²) in [5, 5.41) is 21.2. The van der Waals surface area contributed by atoms with Crippen LogP contribution in [0.5, 0.6) is 5.75 Å². The summed E-state index contributed by atoms with van der Waals surface area (Å²) in [4.78, 5) is 0. The van der Waals surface area contributed by atoms with Crippen molar-refractivity contribution in [3.63, 3.8) is 0 Å². The maximum atomic E-state index is 8.97. The van der Waals surface area contributed by atoms with Gasteiger partial charge in [-0.25, -0.2) is 0 Å². The minimum atomic E-state index is -0.0907. The van der Waals surface area contributed by atoms with Crippen molar-refractivity contribution in [1.82, 2.24) is 0 Å². The average Bonchev–Trinajstić information content (AvgIpc) is 2.29. The number of benzene rings is 1. The molecule has 0 amide bonds. The van der Waals surface area contributed by atoms with Crippen LogP contribution in [0.4, 0.5) is 5.69 Å². The quantitative estimate of drug-likeness (QED) is 0.789. The van der Waals surface area contributed by atoms with E-state index in [9.17, 15) is 0 Å². The van der Waals surface area contributed by atoms with Crippen molar-refractivity contribution in [1.29, 1.82) is 5.26 Å². The van der Waals surface area contributed by atoms with Crippen LogP contribution < -0.4 is 10.1 Å². The van der Waals surface area contributed by atoms with E-state index in [0.717, 1.165) is 5.69 Å². The number of nitriles is 1. The Labute approximate surface area is 94.5 Å². The number of nitrogens with zero attached hydrogens (tertiary/aromatic N) is 1. The Hall–Kier alpha value is -1.73. The van der Waals surface area contributed by atoms with Crippen molar-refractivity contribution in [2.75, 3.05) is 11.9 Å². The third kappa shape index (κ3) is 1.82. The monoisotopic (exact) mass is 218 g/mol. The highest BCUT2D eigenvalue weighted by atomic mass is 16.5. The Balaban J connectivity index is 2.33. The molecule has 2 atom stereocenters. The molecule has 0 saturated carbocycles. The molecule has 0 radical (unpaired) electrons. The normalized spacial score (nSPS) is 22.6. The molecule has 0 bridgehead atoms. The van der Waals surface area contributed by atoms with Gasteiger partial charge in [-0.05, 0) is 19.1 Å². The molecule has 16 heavy (non-hydrogen) atoms. The highest BCUT2D eigenvalue weighted by Crippen LogP contribution is 2.34. The number of hydrogen-bond donors (Lipinski definition) is 2. The molecule has 0 spiro atoms. The molecule has 1 heterocycles. The first kappa shape index (κ1) is 10.8. The standard InChI is InChI=1S/C12H14N2O2/c1-8-11(5-6-15)16-12-9(7-13)3-2-4-10(12)14-8/h2-4,8,11,14-15H,5-6H2,1H3. The molecule has 2 unspecified atom stereocenters. The van der Waals surface area contributed by atoms with Crippen molar-refractivity contribution in [2.45, 2.75) is 25.5 Å². The number of aliphatic hydroxyl groups is 1. The lowest BCUT2D eigenvalue weighted by molar-refractivity contribution is 0.134. The van der Waals surface area contributed by atoms with Gasteiger partial charge in [0.25, 0.3) is 0 Å². The summed E-state index contributed by atoms with van der Waals surface area (Å²) in [5.74, 6) is 0.599. The summed E-state index contributed by atoms with van der Waals surface area (Å²) in [6, 6.07) is 7.68. The Morgan fingerprint density at radius 3 is 3.06 bits per heavy atom. The van der Waals surface area contributed by atoms with E-state index in [4.69, 9.17) is 15.1 Å². The van der Waals surface area contributed by atoms with E-state index in [1.807, 2.05) is 19.1 Å². The van der Waals surface area contributed by atoms with Crippen LogP contribution in [0.3, 0.4) is 0 Å². The Morgan fingerprint density at radius 1 is 1.56 bits per heavy atom. The van der Waals surface area contributed by atoms with E-state index in [1.54, 1.807) is 6.07 Å². The van der Waals surface area contributed by atoms with Crippen LogP contribution in [-0.4, -0.2) is 23.9 Å². The van der Waals surface area contributed by atoms with E-state index >= 15 is 0 Å². The van der Waals surface area contributed by atoms with Gasteiger partial charge in [0.15, 0.2) is 5.75 Å². The second-order valence-corrected chi connectivity index (χ2v) is 3.90. The lowest BCUT2D eigenvalue weighted by Crippen LogP contribution is -2.40. The maximum absolute atomic E-state index is 8.97. The van der Waals surface area contributed by atoms with Crippen molar-refractivity contribution in [3.8, 4) is 11.8 Å². The number of hydrogen-bond acceptors (Lipinski definition) is 4. The largest absolute Gasteiger partial charge is 0.485 e.